The van der Waals surface area contributed by atoms with Gasteiger partial charge in [0.1, 0.15) is 6.61 Å². The second kappa shape index (κ2) is 7.53. The molecule has 0 aliphatic carbocycles. The van der Waals surface area contributed by atoms with Gasteiger partial charge >= 0.3 is 0 Å². The van der Waals surface area contributed by atoms with Crippen molar-refractivity contribution in [3.05, 3.63) is 57.7 Å². The number of halogens is 2. The van der Waals surface area contributed by atoms with Gasteiger partial charge in [-0.2, -0.15) is 0 Å². The molecule has 1 aromatic rings. The number of allylic oxidation sites excluding steroid dienone is 3. The highest BCUT2D eigenvalue weighted by atomic mass is 79.9. The molecule has 0 fully saturated rings. The minimum absolute atomic E-state index is 0.561. The van der Waals surface area contributed by atoms with E-state index in [9.17, 15) is 0 Å². The summed E-state index contributed by atoms with van der Waals surface area (Å²) in [5, 5.41) is 0.676. The number of hydrogen-bond donors (Lipinski definition) is 0. The Balaban J connectivity index is 2.39. The molecule has 0 aromatic heterocycles. The maximum absolute atomic E-state index is 5.98. The van der Waals surface area contributed by atoms with E-state index in [1.165, 1.54) is 0 Å². The number of benzene rings is 1. The quantitative estimate of drug-likeness (QED) is 0.551. The maximum Gasteiger partial charge on any atom is 0.112 e. The zero-order valence-electron chi connectivity index (χ0n) is 9.12. The Morgan fingerprint density at radius 2 is 2.06 bits per heavy atom. The van der Waals surface area contributed by atoms with Crippen molar-refractivity contribution < 1.29 is 4.74 Å². The van der Waals surface area contributed by atoms with Crippen LogP contribution in [-0.2, 0) is 11.3 Å². The molecule has 0 heterocycles. The second-order valence-corrected chi connectivity index (χ2v) is 4.57. The van der Waals surface area contributed by atoms with Gasteiger partial charge in [-0.05, 0) is 18.1 Å². The van der Waals surface area contributed by atoms with Gasteiger partial charge in [0, 0.05) is 4.48 Å². The molecular formula is C13H14BrClO. The highest BCUT2D eigenvalue weighted by Crippen LogP contribution is 2.20. The minimum atomic E-state index is 0.561. The lowest BCUT2D eigenvalue weighted by Gasteiger charge is -2.00. The summed E-state index contributed by atoms with van der Waals surface area (Å²) >= 11 is 9.36. The van der Waals surface area contributed by atoms with Gasteiger partial charge in [-0.25, -0.2) is 0 Å². The lowest BCUT2D eigenvalue weighted by Crippen LogP contribution is -1.85. The van der Waals surface area contributed by atoms with E-state index in [1.807, 2.05) is 37.3 Å². The summed E-state index contributed by atoms with van der Waals surface area (Å²) in [5.41, 5.74) is 1.14. The smallest absolute Gasteiger partial charge is 0.112 e. The van der Waals surface area contributed by atoms with Crippen molar-refractivity contribution in [2.24, 2.45) is 0 Å². The lowest BCUT2D eigenvalue weighted by molar-refractivity contribution is 0.236. The third-order valence-corrected chi connectivity index (χ3v) is 3.54. The van der Waals surface area contributed by atoms with E-state index in [-0.39, 0.29) is 0 Å². The third kappa shape index (κ3) is 4.86. The summed E-state index contributed by atoms with van der Waals surface area (Å²) in [5.74, 6) is 0. The van der Waals surface area contributed by atoms with Crippen LogP contribution in [0.15, 0.2) is 52.2 Å². The molecule has 0 amide bonds. The van der Waals surface area contributed by atoms with Crippen LogP contribution >= 0.6 is 27.5 Å². The highest BCUT2D eigenvalue weighted by Gasteiger charge is 1.94. The number of ether oxygens (including phenoxy) is 1. The largest absolute Gasteiger partial charge is 0.496 e. The van der Waals surface area contributed by atoms with Crippen LogP contribution in [0.4, 0.5) is 0 Å². The van der Waals surface area contributed by atoms with Gasteiger partial charge in [0.25, 0.3) is 0 Å². The van der Waals surface area contributed by atoms with E-state index in [0.717, 1.165) is 16.5 Å². The van der Waals surface area contributed by atoms with E-state index >= 15 is 0 Å². The van der Waals surface area contributed by atoms with E-state index in [1.54, 1.807) is 12.3 Å². The molecule has 3 heteroatoms. The van der Waals surface area contributed by atoms with Crippen molar-refractivity contribution in [2.45, 2.75) is 20.0 Å². The Kier molecular flexibility index (Phi) is 6.27. The van der Waals surface area contributed by atoms with Crippen LogP contribution in [-0.4, -0.2) is 0 Å². The van der Waals surface area contributed by atoms with Crippen LogP contribution in [0.2, 0.25) is 0 Å². The monoisotopic (exact) mass is 300 g/mol. The molecule has 1 rings (SSSR count). The van der Waals surface area contributed by atoms with Crippen LogP contribution < -0.4 is 0 Å². The average molecular weight is 302 g/mol. The second-order valence-electron chi connectivity index (χ2n) is 3.21. The Morgan fingerprint density at radius 1 is 1.38 bits per heavy atom. The van der Waals surface area contributed by atoms with Crippen molar-refractivity contribution in [1.82, 2.24) is 0 Å². The van der Waals surface area contributed by atoms with E-state index in [2.05, 4.69) is 15.9 Å². The van der Waals surface area contributed by atoms with Crippen molar-refractivity contribution in [1.29, 1.82) is 0 Å². The molecule has 1 aromatic carbocycles. The maximum atomic E-state index is 5.98. The number of rotatable bonds is 5. The topological polar surface area (TPSA) is 9.23 Å². The molecule has 86 valence electrons. The molecular weight excluding hydrogens is 287 g/mol. The van der Waals surface area contributed by atoms with Crippen LogP contribution in [0.5, 0.6) is 0 Å². The third-order valence-electron chi connectivity index (χ3n) is 1.97. The van der Waals surface area contributed by atoms with Crippen molar-refractivity contribution in [2.75, 3.05) is 0 Å². The summed E-state index contributed by atoms with van der Waals surface area (Å²) in [6.07, 6.45) is 4.24. The lowest BCUT2D eigenvalue weighted by atomic mass is 10.2. The van der Waals surface area contributed by atoms with E-state index in [4.69, 9.17) is 16.3 Å². The van der Waals surface area contributed by atoms with Gasteiger partial charge in [-0.3, -0.25) is 0 Å². The van der Waals surface area contributed by atoms with Crippen LogP contribution in [0.3, 0.4) is 0 Å². The Labute approximate surface area is 110 Å². The van der Waals surface area contributed by atoms with Gasteiger partial charge in [0.05, 0.1) is 11.3 Å². The Hall–Kier alpha value is -0.730. The van der Waals surface area contributed by atoms with Crippen LogP contribution in [0.1, 0.15) is 18.9 Å². The summed E-state index contributed by atoms with van der Waals surface area (Å²) in [6, 6.07) is 10.0. The normalized spacial score (nSPS) is 12.7. The molecule has 0 aliphatic heterocycles. The highest BCUT2D eigenvalue weighted by molar-refractivity contribution is 9.11. The van der Waals surface area contributed by atoms with E-state index in [0.29, 0.717) is 11.6 Å². The molecule has 16 heavy (non-hydrogen) atoms. The van der Waals surface area contributed by atoms with Gasteiger partial charge in [-0.15, -0.1) is 0 Å². The van der Waals surface area contributed by atoms with Gasteiger partial charge in [0.2, 0.25) is 0 Å². The average Bonchev–Trinajstić information content (AvgIpc) is 2.34. The molecule has 0 aliphatic rings. The minimum Gasteiger partial charge on any atom is -0.496 e. The zero-order valence-corrected chi connectivity index (χ0v) is 11.5. The molecule has 0 radical (unpaired) electrons. The van der Waals surface area contributed by atoms with Crippen LogP contribution in [0, 0.1) is 0 Å². The Morgan fingerprint density at radius 3 is 2.69 bits per heavy atom. The van der Waals surface area contributed by atoms with Gasteiger partial charge in [0.15, 0.2) is 0 Å². The fraction of sp³-hybridized carbons (Fsp3) is 0.231. The summed E-state index contributed by atoms with van der Waals surface area (Å²) in [4.78, 5) is 0. The van der Waals surface area contributed by atoms with Gasteiger partial charge < -0.3 is 4.74 Å². The molecule has 0 bridgehead atoms. The molecule has 0 spiro atoms. The van der Waals surface area contributed by atoms with Crippen molar-refractivity contribution >= 4 is 27.5 Å². The number of hydrogen-bond acceptors (Lipinski definition) is 1. The zero-order chi connectivity index (χ0) is 11.8. The summed E-state index contributed by atoms with van der Waals surface area (Å²) < 4.78 is 6.35. The first-order valence-electron chi connectivity index (χ1n) is 5.10. The molecule has 0 saturated carbocycles. The summed E-state index contributed by atoms with van der Waals surface area (Å²) in [7, 11) is 0. The Bertz CT molecular complexity index is 371. The fourth-order valence-corrected chi connectivity index (χ4v) is 1.40. The molecule has 0 saturated heterocycles. The molecule has 0 N–H and O–H groups in total. The van der Waals surface area contributed by atoms with Crippen LogP contribution in [0.25, 0.3) is 0 Å². The van der Waals surface area contributed by atoms with Crippen molar-refractivity contribution in [3.8, 4) is 0 Å². The molecule has 0 atom stereocenters. The molecule has 1 nitrogen and oxygen atoms in total. The first-order chi connectivity index (χ1) is 7.74. The summed E-state index contributed by atoms with van der Waals surface area (Å²) in [6.45, 7) is 2.59. The molecule has 0 unspecified atom stereocenters. The van der Waals surface area contributed by atoms with Gasteiger partial charge in [-0.1, -0.05) is 64.8 Å². The first-order valence-corrected chi connectivity index (χ1v) is 6.27. The first kappa shape index (κ1) is 13.3. The SMILES string of the molecule is CC/C(Br)=C(Cl)/C=C/OCc1ccccc1. The van der Waals surface area contributed by atoms with Crippen molar-refractivity contribution in [3.63, 3.8) is 0 Å². The fourth-order valence-electron chi connectivity index (χ4n) is 1.09. The predicted molar refractivity (Wildman–Crippen MR) is 72.5 cm³/mol. The standard InChI is InChI=1S/C13H14BrClO/c1-2-12(14)13(15)8-9-16-10-11-6-4-3-5-7-11/h3-9H,2,10H2,1H3/b9-8+,13-12+. The predicted octanol–water partition coefficient (Wildman–Crippen LogP) is 4.97. The van der Waals surface area contributed by atoms with E-state index < -0.39 is 0 Å².